The zero-order valence-corrected chi connectivity index (χ0v) is 19.0. The predicted octanol–water partition coefficient (Wildman–Crippen LogP) is 4.83. The fraction of sp³-hybridized carbons (Fsp3) is 0.286. The third-order valence-corrected chi connectivity index (χ3v) is 6.24. The van der Waals surface area contributed by atoms with E-state index in [0.29, 0.717) is 23.4 Å². The van der Waals surface area contributed by atoms with E-state index in [1.807, 2.05) is 60.7 Å². The number of benzene rings is 3. The molecule has 170 valence electrons. The van der Waals surface area contributed by atoms with Gasteiger partial charge >= 0.3 is 0 Å². The number of phenolic OH excluding ortho intramolecular Hbond substituents is 1. The van der Waals surface area contributed by atoms with Gasteiger partial charge in [0.25, 0.3) is 5.91 Å². The van der Waals surface area contributed by atoms with E-state index in [0.717, 1.165) is 50.0 Å². The number of nitrogens with zero attached hydrogens (tertiary/aromatic N) is 1. The van der Waals surface area contributed by atoms with E-state index in [1.165, 1.54) is 11.1 Å². The molecule has 0 radical (unpaired) electrons. The molecule has 1 amide bonds. The normalized spacial score (nSPS) is 13.4. The zero-order chi connectivity index (χ0) is 23.2. The summed E-state index contributed by atoms with van der Waals surface area (Å²) in [5.74, 6) is 0.322. The Hall–Kier alpha value is -3.44. The van der Waals surface area contributed by atoms with Crippen LogP contribution in [-0.4, -0.2) is 41.3 Å². The molecule has 0 aromatic heterocycles. The van der Waals surface area contributed by atoms with Gasteiger partial charge in [-0.1, -0.05) is 42.5 Å². The second-order valence-electron chi connectivity index (χ2n) is 8.65. The average molecular weight is 443 g/mol. The lowest BCUT2D eigenvalue weighted by atomic mass is 9.99. The van der Waals surface area contributed by atoms with Crippen molar-refractivity contribution in [1.29, 1.82) is 0 Å². The average Bonchev–Trinajstić information content (AvgIpc) is 2.83. The van der Waals surface area contributed by atoms with Crippen molar-refractivity contribution >= 4 is 11.7 Å². The highest BCUT2D eigenvalue weighted by molar-refractivity contribution is 5.95. The van der Waals surface area contributed by atoms with Crippen molar-refractivity contribution in [2.45, 2.75) is 32.7 Å². The molecule has 5 heteroatoms. The maximum atomic E-state index is 12.5. The lowest BCUT2D eigenvalue weighted by molar-refractivity contribution is 0.0951. The fourth-order valence-corrected chi connectivity index (χ4v) is 4.27. The van der Waals surface area contributed by atoms with Gasteiger partial charge in [-0.2, -0.15) is 0 Å². The van der Waals surface area contributed by atoms with Crippen LogP contribution >= 0.6 is 0 Å². The van der Waals surface area contributed by atoms with E-state index < -0.39 is 0 Å². The highest BCUT2D eigenvalue weighted by Gasteiger charge is 2.16. The van der Waals surface area contributed by atoms with Crippen LogP contribution in [0.25, 0.3) is 11.1 Å². The number of carbonyl (C=O) groups is 2. The van der Waals surface area contributed by atoms with Crippen LogP contribution in [0.4, 0.5) is 0 Å². The van der Waals surface area contributed by atoms with Gasteiger partial charge in [-0.25, -0.2) is 0 Å². The van der Waals surface area contributed by atoms with Crippen molar-refractivity contribution in [2.75, 3.05) is 19.6 Å². The Morgan fingerprint density at radius 3 is 2.21 bits per heavy atom. The number of hydrogen-bond donors (Lipinski definition) is 2. The molecule has 0 aliphatic carbocycles. The summed E-state index contributed by atoms with van der Waals surface area (Å²) in [6.45, 7) is 5.11. The number of Topliss-reactive ketones (excluding diaryl/α,β-unsaturated/α-hetero) is 1. The second kappa shape index (κ2) is 10.5. The molecule has 2 N–H and O–H groups in total. The number of nitrogens with one attached hydrogen (secondary N) is 1. The first-order valence-corrected chi connectivity index (χ1v) is 11.5. The second-order valence-corrected chi connectivity index (χ2v) is 8.65. The fourth-order valence-electron chi connectivity index (χ4n) is 4.27. The van der Waals surface area contributed by atoms with E-state index in [-0.39, 0.29) is 11.7 Å². The number of unbranched alkanes of at least 4 members (excludes halogenated alkanes) is 1. The van der Waals surface area contributed by atoms with Crippen molar-refractivity contribution in [2.24, 2.45) is 0 Å². The number of fused-ring (bicyclic) bond motifs is 1. The maximum Gasteiger partial charge on any atom is 0.251 e. The zero-order valence-electron chi connectivity index (χ0n) is 19.0. The molecule has 33 heavy (non-hydrogen) atoms. The van der Waals surface area contributed by atoms with E-state index in [4.69, 9.17) is 0 Å². The Morgan fingerprint density at radius 1 is 0.879 bits per heavy atom. The van der Waals surface area contributed by atoms with Crippen LogP contribution in [0, 0.1) is 0 Å². The molecule has 0 atom stereocenters. The van der Waals surface area contributed by atoms with Gasteiger partial charge in [0.1, 0.15) is 5.75 Å². The summed E-state index contributed by atoms with van der Waals surface area (Å²) in [5, 5.41) is 12.7. The molecule has 0 saturated carbocycles. The van der Waals surface area contributed by atoms with Gasteiger partial charge in [-0.3, -0.25) is 14.5 Å². The Morgan fingerprint density at radius 2 is 1.55 bits per heavy atom. The number of phenols is 1. The number of ketones is 1. The first kappa shape index (κ1) is 22.7. The Bertz CT molecular complexity index is 1120. The van der Waals surface area contributed by atoms with Gasteiger partial charge in [0.05, 0.1) is 0 Å². The van der Waals surface area contributed by atoms with Gasteiger partial charge < -0.3 is 10.4 Å². The SMILES string of the molecule is CC(=O)c1ccc(-c2ccc(C(=O)NCCCCN3CCc4ccc(O)cc4C3)cc2)cc1. The van der Waals surface area contributed by atoms with Crippen LogP contribution in [0.3, 0.4) is 0 Å². The largest absolute Gasteiger partial charge is 0.508 e. The van der Waals surface area contributed by atoms with Crippen LogP contribution in [0.1, 0.15) is 51.6 Å². The van der Waals surface area contributed by atoms with Crippen molar-refractivity contribution < 1.29 is 14.7 Å². The minimum absolute atomic E-state index is 0.0510. The molecule has 1 aliphatic heterocycles. The summed E-state index contributed by atoms with van der Waals surface area (Å²) in [7, 11) is 0. The molecule has 1 aliphatic rings. The highest BCUT2D eigenvalue weighted by Crippen LogP contribution is 2.23. The number of amides is 1. The highest BCUT2D eigenvalue weighted by atomic mass is 16.3. The maximum absolute atomic E-state index is 12.5. The molecular weight excluding hydrogens is 412 g/mol. The van der Waals surface area contributed by atoms with Crippen molar-refractivity contribution in [3.63, 3.8) is 0 Å². The quantitative estimate of drug-likeness (QED) is 0.387. The summed E-state index contributed by atoms with van der Waals surface area (Å²) in [5.41, 5.74) is 5.91. The van der Waals surface area contributed by atoms with Crippen LogP contribution in [0.2, 0.25) is 0 Å². The van der Waals surface area contributed by atoms with Crippen LogP contribution in [0.15, 0.2) is 66.7 Å². The monoisotopic (exact) mass is 442 g/mol. The van der Waals surface area contributed by atoms with Gasteiger partial charge in [0, 0.05) is 30.8 Å². The minimum Gasteiger partial charge on any atom is -0.508 e. The molecule has 5 nitrogen and oxygen atoms in total. The molecule has 0 bridgehead atoms. The molecule has 0 unspecified atom stereocenters. The summed E-state index contributed by atoms with van der Waals surface area (Å²) >= 11 is 0. The van der Waals surface area contributed by atoms with Crippen LogP contribution in [0.5, 0.6) is 5.75 Å². The molecule has 1 heterocycles. The Kier molecular flexibility index (Phi) is 7.20. The van der Waals surface area contributed by atoms with Gasteiger partial charge in [-0.05, 0) is 79.3 Å². The molecule has 3 aromatic rings. The first-order valence-electron chi connectivity index (χ1n) is 11.5. The molecule has 0 spiro atoms. The van der Waals surface area contributed by atoms with Crippen LogP contribution in [-0.2, 0) is 13.0 Å². The first-order chi connectivity index (χ1) is 16.0. The van der Waals surface area contributed by atoms with Gasteiger partial charge in [0.2, 0.25) is 0 Å². The summed E-state index contributed by atoms with van der Waals surface area (Å²) in [6.07, 6.45) is 2.96. The Labute approximate surface area is 195 Å². The molecule has 3 aromatic carbocycles. The molecule has 0 saturated heterocycles. The van der Waals surface area contributed by atoms with Crippen molar-refractivity contribution in [3.05, 3.63) is 89.0 Å². The van der Waals surface area contributed by atoms with Crippen LogP contribution < -0.4 is 5.32 Å². The van der Waals surface area contributed by atoms with E-state index in [1.54, 1.807) is 13.0 Å². The molecule has 0 fully saturated rings. The standard InChI is InChI=1S/C28H30N2O3/c1-20(31)21-4-6-22(7-5-21)23-8-10-25(11-9-23)28(33)29-15-2-3-16-30-17-14-24-12-13-27(32)18-26(24)19-30/h4-13,18,32H,2-3,14-17,19H2,1H3,(H,29,33). The van der Waals surface area contributed by atoms with E-state index in [9.17, 15) is 14.7 Å². The van der Waals surface area contributed by atoms with E-state index in [2.05, 4.69) is 10.2 Å². The molecular formula is C28H30N2O3. The van der Waals surface area contributed by atoms with Gasteiger partial charge in [0.15, 0.2) is 5.78 Å². The summed E-state index contributed by atoms with van der Waals surface area (Å²) < 4.78 is 0. The number of aromatic hydroxyl groups is 1. The minimum atomic E-state index is -0.0594. The number of hydrogen-bond acceptors (Lipinski definition) is 4. The Balaban J connectivity index is 1.20. The lowest BCUT2D eigenvalue weighted by Gasteiger charge is -2.28. The molecule has 4 rings (SSSR count). The van der Waals surface area contributed by atoms with Crippen molar-refractivity contribution in [1.82, 2.24) is 10.2 Å². The van der Waals surface area contributed by atoms with Gasteiger partial charge in [-0.15, -0.1) is 0 Å². The third-order valence-electron chi connectivity index (χ3n) is 6.24. The topological polar surface area (TPSA) is 69.6 Å². The number of carbonyl (C=O) groups excluding carboxylic acids is 2. The smallest absolute Gasteiger partial charge is 0.251 e. The number of rotatable bonds is 8. The summed E-state index contributed by atoms with van der Waals surface area (Å²) in [4.78, 5) is 26.3. The predicted molar refractivity (Wildman–Crippen MR) is 131 cm³/mol. The summed E-state index contributed by atoms with van der Waals surface area (Å²) in [6, 6.07) is 20.7. The third kappa shape index (κ3) is 5.88. The van der Waals surface area contributed by atoms with E-state index >= 15 is 0 Å². The van der Waals surface area contributed by atoms with Crippen molar-refractivity contribution in [3.8, 4) is 16.9 Å². The lowest BCUT2D eigenvalue weighted by Crippen LogP contribution is -2.32.